The summed E-state index contributed by atoms with van der Waals surface area (Å²) >= 11 is 7.25. The first kappa shape index (κ1) is 15.1. The van der Waals surface area contributed by atoms with Gasteiger partial charge in [0.25, 0.3) is 0 Å². The Morgan fingerprint density at radius 1 is 1.50 bits per heavy atom. The van der Waals surface area contributed by atoms with Crippen LogP contribution in [0.3, 0.4) is 0 Å². The van der Waals surface area contributed by atoms with Crippen LogP contribution in [0.4, 0.5) is 5.69 Å². The molecule has 116 valence electrons. The SMILES string of the molecule is Cc1csc(=O)n1CC(=O)N1C[C@@H](C)Oc2c(Cl)cccc21. The maximum absolute atomic E-state index is 12.7. The number of fused-ring (bicyclic) bond motifs is 1. The third-order valence-electron chi connectivity index (χ3n) is 3.57. The van der Waals surface area contributed by atoms with Gasteiger partial charge in [-0.2, -0.15) is 0 Å². The van der Waals surface area contributed by atoms with E-state index >= 15 is 0 Å². The topological polar surface area (TPSA) is 51.5 Å². The quantitative estimate of drug-likeness (QED) is 0.846. The monoisotopic (exact) mass is 338 g/mol. The van der Waals surface area contributed by atoms with Crippen LogP contribution in [0, 0.1) is 6.92 Å². The van der Waals surface area contributed by atoms with Crippen molar-refractivity contribution >= 4 is 34.5 Å². The number of amides is 1. The van der Waals surface area contributed by atoms with Gasteiger partial charge in [-0.3, -0.25) is 14.2 Å². The molecule has 1 aliphatic rings. The van der Waals surface area contributed by atoms with Crippen LogP contribution in [0.5, 0.6) is 5.75 Å². The van der Waals surface area contributed by atoms with Crippen molar-refractivity contribution in [2.45, 2.75) is 26.5 Å². The first-order valence-corrected chi connectivity index (χ1v) is 8.13. The normalized spacial score (nSPS) is 17.0. The molecule has 7 heteroatoms. The zero-order chi connectivity index (χ0) is 15.9. The molecule has 3 rings (SSSR count). The van der Waals surface area contributed by atoms with Crippen LogP contribution in [0.25, 0.3) is 0 Å². The third-order valence-corrected chi connectivity index (χ3v) is 4.75. The molecule has 1 aliphatic heterocycles. The molecule has 1 amide bonds. The van der Waals surface area contributed by atoms with Gasteiger partial charge in [0.1, 0.15) is 12.6 Å². The fraction of sp³-hybridized carbons (Fsp3) is 0.333. The highest BCUT2D eigenvalue weighted by Crippen LogP contribution is 2.39. The van der Waals surface area contributed by atoms with E-state index < -0.39 is 0 Å². The molecule has 1 atom stereocenters. The summed E-state index contributed by atoms with van der Waals surface area (Å²) < 4.78 is 7.22. The van der Waals surface area contributed by atoms with E-state index in [4.69, 9.17) is 16.3 Å². The van der Waals surface area contributed by atoms with Crippen molar-refractivity contribution in [2.75, 3.05) is 11.4 Å². The number of benzene rings is 1. The molecule has 0 saturated heterocycles. The Bertz CT molecular complexity index is 783. The molecule has 1 aromatic heterocycles. The van der Waals surface area contributed by atoms with Crippen LogP contribution in [-0.2, 0) is 11.3 Å². The minimum Gasteiger partial charge on any atom is -0.485 e. The minimum atomic E-state index is -0.156. The highest BCUT2D eigenvalue weighted by atomic mass is 35.5. The average Bonchev–Trinajstić information content (AvgIpc) is 2.79. The van der Waals surface area contributed by atoms with Crippen LogP contribution in [-0.4, -0.2) is 23.1 Å². The number of hydrogen-bond donors (Lipinski definition) is 0. The van der Waals surface area contributed by atoms with Gasteiger partial charge in [0.2, 0.25) is 5.91 Å². The Hall–Kier alpha value is -1.79. The first-order chi connectivity index (χ1) is 10.5. The second-order valence-corrected chi connectivity index (χ2v) is 6.48. The number of thiazole rings is 1. The first-order valence-electron chi connectivity index (χ1n) is 6.88. The lowest BCUT2D eigenvalue weighted by molar-refractivity contribution is -0.119. The Kier molecular flexibility index (Phi) is 3.97. The summed E-state index contributed by atoms with van der Waals surface area (Å²) in [6.07, 6.45) is -0.156. The van der Waals surface area contributed by atoms with Crippen molar-refractivity contribution in [2.24, 2.45) is 0 Å². The molecule has 22 heavy (non-hydrogen) atoms. The maximum atomic E-state index is 12.7. The summed E-state index contributed by atoms with van der Waals surface area (Å²) in [6.45, 7) is 4.16. The number of aryl methyl sites for hydroxylation is 1. The molecule has 0 unspecified atom stereocenters. The second-order valence-electron chi connectivity index (χ2n) is 5.25. The van der Waals surface area contributed by atoms with Crippen molar-refractivity contribution in [3.63, 3.8) is 0 Å². The molecule has 1 aromatic carbocycles. The predicted molar refractivity (Wildman–Crippen MR) is 87.2 cm³/mol. The number of aromatic nitrogens is 1. The number of rotatable bonds is 2. The van der Waals surface area contributed by atoms with E-state index in [1.807, 2.05) is 13.8 Å². The van der Waals surface area contributed by atoms with Gasteiger partial charge in [0.15, 0.2) is 5.75 Å². The zero-order valence-corrected chi connectivity index (χ0v) is 13.8. The lowest BCUT2D eigenvalue weighted by Crippen LogP contribution is -2.44. The Morgan fingerprint density at radius 3 is 2.95 bits per heavy atom. The number of carbonyl (C=O) groups is 1. The van der Waals surface area contributed by atoms with Crippen LogP contribution < -0.4 is 14.5 Å². The summed E-state index contributed by atoms with van der Waals surface area (Å²) in [6, 6.07) is 5.31. The predicted octanol–water partition coefficient (Wildman–Crippen LogP) is 2.69. The van der Waals surface area contributed by atoms with Gasteiger partial charge in [-0.15, -0.1) is 0 Å². The van der Waals surface area contributed by atoms with Crippen molar-refractivity contribution in [3.8, 4) is 5.75 Å². The van der Waals surface area contributed by atoms with E-state index in [0.717, 1.165) is 17.0 Å². The molecule has 0 saturated carbocycles. The van der Waals surface area contributed by atoms with E-state index in [9.17, 15) is 9.59 Å². The van der Waals surface area contributed by atoms with Crippen molar-refractivity contribution in [3.05, 3.63) is 44.0 Å². The molecule has 0 spiro atoms. The van der Waals surface area contributed by atoms with Crippen LogP contribution in [0.2, 0.25) is 5.02 Å². The van der Waals surface area contributed by atoms with E-state index in [0.29, 0.717) is 23.0 Å². The highest BCUT2D eigenvalue weighted by molar-refractivity contribution is 7.07. The van der Waals surface area contributed by atoms with Crippen molar-refractivity contribution in [1.82, 2.24) is 4.57 Å². The Morgan fingerprint density at radius 2 is 2.27 bits per heavy atom. The van der Waals surface area contributed by atoms with Gasteiger partial charge < -0.3 is 9.64 Å². The molecular formula is C15H15ClN2O3S. The fourth-order valence-corrected chi connectivity index (χ4v) is 3.42. The molecule has 5 nitrogen and oxygen atoms in total. The van der Waals surface area contributed by atoms with E-state index in [1.54, 1.807) is 28.5 Å². The fourth-order valence-electron chi connectivity index (χ4n) is 2.47. The van der Waals surface area contributed by atoms with Gasteiger partial charge in [-0.05, 0) is 26.0 Å². The molecule has 0 bridgehead atoms. The van der Waals surface area contributed by atoms with Crippen molar-refractivity contribution in [1.29, 1.82) is 0 Å². The number of nitrogens with zero attached hydrogens (tertiary/aromatic N) is 2. The molecular weight excluding hydrogens is 324 g/mol. The molecule has 0 aliphatic carbocycles. The van der Waals surface area contributed by atoms with Crippen molar-refractivity contribution < 1.29 is 9.53 Å². The smallest absolute Gasteiger partial charge is 0.307 e. The number of carbonyl (C=O) groups excluding carboxylic acids is 1. The maximum Gasteiger partial charge on any atom is 0.307 e. The van der Waals surface area contributed by atoms with E-state index in [-0.39, 0.29) is 23.4 Å². The van der Waals surface area contributed by atoms with Gasteiger partial charge in [-0.1, -0.05) is 29.0 Å². The molecule has 0 radical (unpaired) electrons. The second kappa shape index (κ2) is 5.78. The van der Waals surface area contributed by atoms with Gasteiger partial charge >= 0.3 is 4.87 Å². The number of hydrogen-bond acceptors (Lipinski definition) is 4. The molecule has 2 heterocycles. The van der Waals surface area contributed by atoms with E-state index in [2.05, 4.69) is 0 Å². The van der Waals surface area contributed by atoms with Crippen LogP contribution in [0.15, 0.2) is 28.4 Å². The standard InChI is InChI=1S/C15H15ClN2O3S/c1-9-8-22-15(20)17(9)7-13(19)18-6-10(2)21-14-11(16)4-3-5-12(14)18/h3-5,8,10H,6-7H2,1-2H3/t10-/m1/s1. The van der Waals surface area contributed by atoms with Gasteiger partial charge in [-0.25, -0.2) is 0 Å². The molecule has 2 aromatic rings. The van der Waals surface area contributed by atoms with Gasteiger partial charge in [0, 0.05) is 11.1 Å². The highest BCUT2D eigenvalue weighted by Gasteiger charge is 2.29. The zero-order valence-electron chi connectivity index (χ0n) is 12.2. The number of ether oxygens (including phenoxy) is 1. The minimum absolute atomic E-state index is 0.0207. The van der Waals surface area contributed by atoms with Gasteiger partial charge in [0.05, 0.1) is 17.3 Å². The summed E-state index contributed by atoms with van der Waals surface area (Å²) in [5, 5.41) is 2.23. The lowest BCUT2D eigenvalue weighted by Gasteiger charge is -2.34. The van der Waals surface area contributed by atoms with Crippen LogP contribution in [0.1, 0.15) is 12.6 Å². The van der Waals surface area contributed by atoms with Crippen LogP contribution >= 0.6 is 22.9 Å². The molecule has 0 N–H and O–H groups in total. The Balaban J connectivity index is 1.94. The summed E-state index contributed by atoms with van der Waals surface area (Å²) in [5.74, 6) is 0.368. The Labute approximate surface area is 136 Å². The van der Waals surface area contributed by atoms with E-state index in [1.165, 1.54) is 4.57 Å². The largest absolute Gasteiger partial charge is 0.485 e. The average molecular weight is 339 g/mol. The number of anilines is 1. The number of halogens is 1. The molecule has 0 fully saturated rings. The summed E-state index contributed by atoms with van der Waals surface area (Å²) in [5.41, 5.74) is 1.44. The summed E-state index contributed by atoms with van der Waals surface area (Å²) in [4.78, 5) is 26.0. The number of para-hydroxylation sites is 1. The summed E-state index contributed by atoms with van der Waals surface area (Å²) in [7, 11) is 0. The lowest BCUT2D eigenvalue weighted by atomic mass is 10.2. The third kappa shape index (κ3) is 2.64.